The standard InChI is InChI=1S/C14H17N3O3/c1-7-8(2)20-14-12(7)13(15-9(3)16-14)19-6-11(18)17-10-4-5-10/h10H,4-6H2,1-3H3,(H,17,18). The van der Waals surface area contributed by atoms with E-state index in [2.05, 4.69) is 15.3 Å². The first-order chi connectivity index (χ1) is 9.54. The summed E-state index contributed by atoms with van der Waals surface area (Å²) in [6, 6.07) is 0.330. The summed E-state index contributed by atoms with van der Waals surface area (Å²) in [7, 11) is 0. The maximum absolute atomic E-state index is 11.7. The van der Waals surface area contributed by atoms with Crippen LogP contribution < -0.4 is 10.1 Å². The van der Waals surface area contributed by atoms with Crippen LogP contribution in [0.3, 0.4) is 0 Å². The molecule has 1 amide bonds. The quantitative estimate of drug-likeness (QED) is 0.920. The Morgan fingerprint density at radius 2 is 2.10 bits per heavy atom. The van der Waals surface area contributed by atoms with Crippen molar-refractivity contribution in [3.63, 3.8) is 0 Å². The third kappa shape index (κ3) is 2.45. The van der Waals surface area contributed by atoms with E-state index in [0.29, 0.717) is 23.5 Å². The third-order valence-corrected chi connectivity index (χ3v) is 3.39. The minimum atomic E-state index is -0.116. The normalized spacial score (nSPS) is 14.6. The van der Waals surface area contributed by atoms with Gasteiger partial charge in [0.25, 0.3) is 5.91 Å². The van der Waals surface area contributed by atoms with E-state index in [1.807, 2.05) is 13.8 Å². The van der Waals surface area contributed by atoms with Gasteiger partial charge in [-0.2, -0.15) is 9.97 Å². The predicted octanol–water partition coefficient (Wildman–Crippen LogP) is 1.81. The Kier molecular flexibility index (Phi) is 3.08. The molecule has 106 valence electrons. The minimum Gasteiger partial charge on any atom is -0.467 e. The molecular formula is C14H17N3O3. The number of carbonyl (C=O) groups excluding carboxylic acids is 1. The first-order valence-corrected chi connectivity index (χ1v) is 6.71. The molecule has 1 N–H and O–H groups in total. The van der Waals surface area contributed by atoms with Crippen molar-refractivity contribution >= 4 is 17.0 Å². The van der Waals surface area contributed by atoms with Crippen LogP contribution in [0.4, 0.5) is 0 Å². The molecule has 6 heteroatoms. The van der Waals surface area contributed by atoms with Gasteiger partial charge >= 0.3 is 0 Å². The number of hydrogen-bond donors (Lipinski definition) is 1. The zero-order chi connectivity index (χ0) is 14.3. The molecule has 2 aromatic heterocycles. The molecular weight excluding hydrogens is 258 g/mol. The molecule has 3 rings (SSSR count). The van der Waals surface area contributed by atoms with Crippen LogP contribution in [0.25, 0.3) is 11.1 Å². The van der Waals surface area contributed by atoms with Crippen molar-refractivity contribution in [1.82, 2.24) is 15.3 Å². The van der Waals surface area contributed by atoms with Gasteiger partial charge in [-0.05, 0) is 33.6 Å². The van der Waals surface area contributed by atoms with E-state index in [0.717, 1.165) is 29.6 Å². The summed E-state index contributed by atoms with van der Waals surface area (Å²) < 4.78 is 11.1. The molecule has 0 spiro atoms. The zero-order valence-corrected chi connectivity index (χ0v) is 11.8. The Labute approximate surface area is 116 Å². The van der Waals surface area contributed by atoms with E-state index in [-0.39, 0.29) is 12.5 Å². The summed E-state index contributed by atoms with van der Waals surface area (Å²) in [5.74, 6) is 1.64. The van der Waals surface area contributed by atoms with E-state index >= 15 is 0 Å². The molecule has 0 aliphatic heterocycles. The molecule has 1 fully saturated rings. The van der Waals surface area contributed by atoms with Gasteiger partial charge < -0.3 is 14.5 Å². The largest absolute Gasteiger partial charge is 0.467 e. The molecule has 1 aliphatic carbocycles. The lowest BCUT2D eigenvalue weighted by Crippen LogP contribution is -2.30. The van der Waals surface area contributed by atoms with Crippen molar-refractivity contribution in [3.8, 4) is 5.88 Å². The highest BCUT2D eigenvalue weighted by molar-refractivity contribution is 5.85. The molecule has 0 aromatic carbocycles. The highest BCUT2D eigenvalue weighted by Crippen LogP contribution is 2.30. The predicted molar refractivity (Wildman–Crippen MR) is 72.7 cm³/mol. The Bertz CT molecular complexity index is 674. The van der Waals surface area contributed by atoms with Crippen molar-refractivity contribution in [2.75, 3.05) is 6.61 Å². The fraction of sp³-hybridized carbons (Fsp3) is 0.500. The van der Waals surface area contributed by atoms with Crippen LogP contribution >= 0.6 is 0 Å². The van der Waals surface area contributed by atoms with Gasteiger partial charge in [0.15, 0.2) is 6.61 Å². The molecule has 0 saturated heterocycles. The zero-order valence-electron chi connectivity index (χ0n) is 11.8. The second-order valence-electron chi connectivity index (χ2n) is 5.17. The van der Waals surface area contributed by atoms with Gasteiger partial charge in [0.1, 0.15) is 17.0 Å². The van der Waals surface area contributed by atoms with Crippen molar-refractivity contribution in [3.05, 3.63) is 17.1 Å². The number of aromatic nitrogens is 2. The smallest absolute Gasteiger partial charge is 0.258 e. The van der Waals surface area contributed by atoms with Crippen LogP contribution in [0, 0.1) is 20.8 Å². The number of furan rings is 1. The van der Waals surface area contributed by atoms with Crippen LogP contribution in [-0.4, -0.2) is 28.5 Å². The fourth-order valence-corrected chi connectivity index (χ4v) is 2.05. The SMILES string of the molecule is Cc1nc(OCC(=O)NC2CC2)c2c(C)c(C)oc2n1. The molecule has 0 atom stereocenters. The van der Waals surface area contributed by atoms with E-state index in [1.54, 1.807) is 6.92 Å². The van der Waals surface area contributed by atoms with Crippen LogP contribution in [0.5, 0.6) is 5.88 Å². The van der Waals surface area contributed by atoms with Gasteiger partial charge in [0.05, 0.1) is 0 Å². The van der Waals surface area contributed by atoms with E-state index in [4.69, 9.17) is 9.15 Å². The third-order valence-electron chi connectivity index (χ3n) is 3.39. The molecule has 0 radical (unpaired) electrons. The molecule has 20 heavy (non-hydrogen) atoms. The number of fused-ring (bicyclic) bond motifs is 1. The lowest BCUT2D eigenvalue weighted by molar-refractivity contribution is -0.123. The van der Waals surface area contributed by atoms with Crippen LogP contribution in [0.2, 0.25) is 0 Å². The number of aryl methyl sites for hydroxylation is 3. The van der Waals surface area contributed by atoms with Crippen LogP contribution in [-0.2, 0) is 4.79 Å². The van der Waals surface area contributed by atoms with Crippen molar-refractivity contribution < 1.29 is 13.9 Å². The molecule has 2 heterocycles. The summed E-state index contributed by atoms with van der Waals surface area (Å²) >= 11 is 0. The van der Waals surface area contributed by atoms with Gasteiger partial charge in [0.2, 0.25) is 11.6 Å². The summed E-state index contributed by atoms with van der Waals surface area (Å²) in [5.41, 5.74) is 1.45. The molecule has 6 nitrogen and oxygen atoms in total. The van der Waals surface area contributed by atoms with Gasteiger partial charge in [-0.15, -0.1) is 0 Å². The van der Waals surface area contributed by atoms with Crippen molar-refractivity contribution in [2.45, 2.75) is 39.7 Å². The second-order valence-corrected chi connectivity index (χ2v) is 5.17. The fourth-order valence-electron chi connectivity index (χ4n) is 2.05. The number of nitrogens with one attached hydrogen (secondary N) is 1. The molecule has 1 aliphatic rings. The van der Waals surface area contributed by atoms with Crippen molar-refractivity contribution in [2.24, 2.45) is 0 Å². The van der Waals surface area contributed by atoms with E-state index < -0.39 is 0 Å². The summed E-state index contributed by atoms with van der Waals surface area (Å²) in [6.45, 7) is 5.53. The molecule has 0 unspecified atom stereocenters. The summed E-state index contributed by atoms with van der Waals surface area (Å²) in [6.07, 6.45) is 2.12. The van der Waals surface area contributed by atoms with E-state index in [1.165, 1.54) is 0 Å². The molecule has 2 aromatic rings. The lowest BCUT2D eigenvalue weighted by Gasteiger charge is -2.07. The first-order valence-electron chi connectivity index (χ1n) is 6.71. The number of amides is 1. The average Bonchev–Trinajstić information content (AvgIpc) is 3.14. The number of hydrogen-bond acceptors (Lipinski definition) is 5. The molecule has 1 saturated carbocycles. The number of nitrogens with zero attached hydrogens (tertiary/aromatic N) is 2. The van der Waals surface area contributed by atoms with Gasteiger partial charge in [0, 0.05) is 11.6 Å². The second kappa shape index (κ2) is 4.77. The number of carbonyl (C=O) groups is 1. The highest BCUT2D eigenvalue weighted by Gasteiger charge is 2.24. The average molecular weight is 275 g/mol. The first kappa shape index (κ1) is 12.9. The maximum atomic E-state index is 11.7. The summed E-state index contributed by atoms with van der Waals surface area (Å²) in [5, 5.41) is 3.62. The Morgan fingerprint density at radius 1 is 1.35 bits per heavy atom. The monoisotopic (exact) mass is 275 g/mol. The number of ether oxygens (including phenoxy) is 1. The Morgan fingerprint density at radius 3 is 2.80 bits per heavy atom. The Balaban J connectivity index is 1.83. The van der Waals surface area contributed by atoms with Gasteiger partial charge in [-0.1, -0.05) is 0 Å². The number of rotatable bonds is 4. The summed E-state index contributed by atoms with van der Waals surface area (Å²) in [4.78, 5) is 20.2. The lowest BCUT2D eigenvalue weighted by atomic mass is 10.2. The van der Waals surface area contributed by atoms with Crippen molar-refractivity contribution in [1.29, 1.82) is 0 Å². The maximum Gasteiger partial charge on any atom is 0.258 e. The Hall–Kier alpha value is -2.11. The van der Waals surface area contributed by atoms with Crippen LogP contribution in [0.1, 0.15) is 30.0 Å². The minimum absolute atomic E-state index is 0.0360. The van der Waals surface area contributed by atoms with E-state index in [9.17, 15) is 4.79 Å². The van der Waals surface area contributed by atoms with Gasteiger partial charge in [-0.25, -0.2) is 0 Å². The van der Waals surface area contributed by atoms with Crippen LogP contribution in [0.15, 0.2) is 4.42 Å². The topological polar surface area (TPSA) is 77.2 Å². The highest BCUT2D eigenvalue weighted by atomic mass is 16.5. The van der Waals surface area contributed by atoms with Gasteiger partial charge in [-0.3, -0.25) is 4.79 Å². The molecule has 0 bridgehead atoms.